The molecule has 1 aromatic heterocycles. The van der Waals surface area contributed by atoms with Gasteiger partial charge in [-0.1, -0.05) is 29.8 Å². The molecule has 144 valence electrons. The fraction of sp³-hybridized carbons (Fsp3) is 0.429. The number of nitrogens with one attached hydrogen (secondary N) is 1. The van der Waals surface area contributed by atoms with Crippen LogP contribution in [0.5, 0.6) is 0 Å². The number of aryl methyl sites for hydroxylation is 1. The Balaban J connectivity index is 1.75. The SMILES string of the molecule is Cc1cccc(Cn2cccc(C(=O)NC[C@@]3(N(C)C)CCSC3)c2=O)c1. The Morgan fingerprint density at radius 3 is 2.78 bits per heavy atom. The third-order valence-corrected chi connectivity index (χ3v) is 6.54. The van der Waals surface area contributed by atoms with Gasteiger partial charge in [0, 0.05) is 24.0 Å². The zero-order chi connectivity index (χ0) is 19.4. The normalized spacial score (nSPS) is 19.4. The van der Waals surface area contributed by atoms with Gasteiger partial charge >= 0.3 is 0 Å². The first-order valence-corrected chi connectivity index (χ1v) is 10.4. The molecule has 3 rings (SSSR count). The number of rotatable bonds is 6. The molecule has 0 aliphatic carbocycles. The van der Waals surface area contributed by atoms with E-state index >= 15 is 0 Å². The molecule has 0 spiro atoms. The van der Waals surface area contributed by atoms with E-state index in [1.54, 1.807) is 22.9 Å². The van der Waals surface area contributed by atoms with Crippen molar-refractivity contribution < 1.29 is 4.79 Å². The maximum atomic E-state index is 12.8. The number of pyridine rings is 1. The van der Waals surface area contributed by atoms with Crippen LogP contribution >= 0.6 is 11.8 Å². The van der Waals surface area contributed by atoms with Gasteiger partial charge in [-0.25, -0.2) is 0 Å². The fourth-order valence-electron chi connectivity index (χ4n) is 3.43. The zero-order valence-corrected chi connectivity index (χ0v) is 17.0. The Morgan fingerprint density at radius 2 is 2.11 bits per heavy atom. The van der Waals surface area contributed by atoms with E-state index in [9.17, 15) is 9.59 Å². The number of benzene rings is 1. The van der Waals surface area contributed by atoms with Gasteiger partial charge in [0.2, 0.25) is 0 Å². The number of carbonyl (C=O) groups is 1. The first kappa shape index (κ1) is 19.7. The number of nitrogens with zero attached hydrogens (tertiary/aromatic N) is 2. The maximum Gasteiger partial charge on any atom is 0.263 e. The van der Waals surface area contributed by atoms with E-state index in [0.29, 0.717) is 13.1 Å². The average Bonchev–Trinajstić information content (AvgIpc) is 3.12. The van der Waals surface area contributed by atoms with Gasteiger partial charge < -0.3 is 14.8 Å². The molecule has 6 heteroatoms. The van der Waals surface area contributed by atoms with Crippen molar-refractivity contribution in [1.82, 2.24) is 14.8 Å². The van der Waals surface area contributed by atoms with Gasteiger partial charge in [0.05, 0.1) is 6.54 Å². The molecule has 27 heavy (non-hydrogen) atoms. The van der Waals surface area contributed by atoms with Crippen LogP contribution in [0.4, 0.5) is 0 Å². The highest BCUT2D eigenvalue weighted by Gasteiger charge is 2.36. The zero-order valence-electron chi connectivity index (χ0n) is 16.2. The first-order valence-electron chi connectivity index (χ1n) is 9.20. The van der Waals surface area contributed by atoms with Gasteiger partial charge in [-0.15, -0.1) is 0 Å². The molecule has 5 nitrogen and oxygen atoms in total. The largest absolute Gasteiger partial charge is 0.350 e. The van der Waals surface area contributed by atoms with Crippen LogP contribution in [0.1, 0.15) is 27.9 Å². The lowest BCUT2D eigenvalue weighted by Crippen LogP contribution is -2.53. The van der Waals surface area contributed by atoms with E-state index in [-0.39, 0.29) is 22.6 Å². The molecule has 1 aromatic carbocycles. The minimum absolute atomic E-state index is 0.0321. The van der Waals surface area contributed by atoms with Crippen LogP contribution in [-0.2, 0) is 6.54 Å². The first-order chi connectivity index (χ1) is 12.9. The summed E-state index contributed by atoms with van der Waals surface area (Å²) in [6.07, 6.45) is 2.77. The van der Waals surface area contributed by atoms with Crippen molar-refractivity contribution in [2.45, 2.75) is 25.4 Å². The predicted molar refractivity (Wildman–Crippen MR) is 112 cm³/mol. The number of thioether (sulfide) groups is 1. The van der Waals surface area contributed by atoms with Crippen molar-refractivity contribution in [2.24, 2.45) is 0 Å². The maximum absolute atomic E-state index is 12.8. The quantitative estimate of drug-likeness (QED) is 0.830. The average molecular weight is 386 g/mol. The van der Waals surface area contributed by atoms with Gasteiger partial charge in [-0.2, -0.15) is 11.8 Å². The van der Waals surface area contributed by atoms with Crippen molar-refractivity contribution in [3.05, 3.63) is 69.6 Å². The van der Waals surface area contributed by atoms with Crippen molar-refractivity contribution >= 4 is 17.7 Å². The number of amides is 1. The number of likely N-dealkylation sites (N-methyl/N-ethyl adjacent to an activating group) is 1. The van der Waals surface area contributed by atoms with Crippen LogP contribution in [0.3, 0.4) is 0 Å². The van der Waals surface area contributed by atoms with Crippen LogP contribution in [0.15, 0.2) is 47.4 Å². The lowest BCUT2D eigenvalue weighted by atomic mass is 9.97. The molecule has 0 radical (unpaired) electrons. The molecule has 2 aromatic rings. The van der Waals surface area contributed by atoms with Crippen LogP contribution in [-0.4, -0.2) is 53.1 Å². The standard InChI is InChI=1S/C21H27N3O2S/c1-16-6-4-7-17(12-16)13-24-10-5-8-18(20(24)26)19(25)22-14-21(23(2)3)9-11-27-15-21/h4-8,10,12H,9,11,13-15H2,1-3H3,(H,22,25)/t21-/m0/s1. The highest BCUT2D eigenvalue weighted by molar-refractivity contribution is 7.99. The molecule has 1 aliphatic rings. The van der Waals surface area contributed by atoms with Gasteiger partial charge in [0.1, 0.15) is 5.56 Å². The second kappa shape index (κ2) is 8.31. The summed E-state index contributed by atoms with van der Waals surface area (Å²) in [5.74, 6) is 1.80. The van der Waals surface area contributed by atoms with E-state index in [0.717, 1.165) is 29.1 Å². The summed E-state index contributed by atoms with van der Waals surface area (Å²) in [6, 6.07) is 11.4. The molecular weight excluding hydrogens is 358 g/mol. The molecule has 1 N–H and O–H groups in total. The molecule has 0 bridgehead atoms. The highest BCUT2D eigenvalue weighted by atomic mass is 32.2. The van der Waals surface area contributed by atoms with Crippen molar-refractivity contribution in [2.75, 3.05) is 32.1 Å². The molecule has 1 atom stereocenters. The molecule has 2 heterocycles. The number of carbonyl (C=O) groups excluding carboxylic acids is 1. The summed E-state index contributed by atoms with van der Waals surface area (Å²) >= 11 is 1.91. The number of hydrogen-bond donors (Lipinski definition) is 1. The Hall–Kier alpha value is -2.05. The van der Waals surface area contributed by atoms with Crippen molar-refractivity contribution in [1.29, 1.82) is 0 Å². The molecule has 0 unspecified atom stereocenters. The molecule has 1 amide bonds. The third kappa shape index (κ3) is 4.45. The number of aromatic nitrogens is 1. The minimum atomic E-state index is -0.295. The molecule has 1 aliphatic heterocycles. The summed E-state index contributed by atoms with van der Waals surface area (Å²) in [5.41, 5.74) is 2.11. The summed E-state index contributed by atoms with van der Waals surface area (Å²) in [5, 5.41) is 3.00. The monoisotopic (exact) mass is 385 g/mol. The topological polar surface area (TPSA) is 54.3 Å². The van der Waals surface area contributed by atoms with Crippen LogP contribution < -0.4 is 10.9 Å². The minimum Gasteiger partial charge on any atom is -0.350 e. The van der Waals surface area contributed by atoms with Gasteiger partial charge in [-0.05, 0) is 50.9 Å². The highest BCUT2D eigenvalue weighted by Crippen LogP contribution is 2.31. The van der Waals surface area contributed by atoms with E-state index in [2.05, 4.69) is 30.4 Å². The predicted octanol–water partition coefficient (Wildman–Crippen LogP) is 2.37. The summed E-state index contributed by atoms with van der Waals surface area (Å²) in [4.78, 5) is 27.7. The van der Waals surface area contributed by atoms with E-state index < -0.39 is 0 Å². The Kier molecular flexibility index (Phi) is 6.07. The Labute approximate surface area is 164 Å². The van der Waals surface area contributed by atoms with Gasteiger partial charge in [-0.3, -0.25) is 9.59 Å². The molecule has 1 saturated heterocycles. The smallest absolute Gasteiger partial charge is 0.263 e. The Bertz CT molecular complexity index is 870. The van der Waals surface area contributed by atoms with Crippen LogP contribution in [0.25, 0.3) is 0 Å². The molecule has 0 saturated carbocycles. The fourth-order valence-corrected chi connectivity index (χ4v) is 4.98. The van der Waals surface area contributed by atoms with Crippen molar-refractivity contribution in [3.8, 4) is 0 Å². The third-order valence-electron chi connectivity index (χ3n) is 5.31. The van der Waals surface area contributed by atoms with E-state index in [1.165, 1.54) is 0 Å². The van der Waals surface area contributed by atoms with Crippen LogP contribution in [0.2, 0.25) is 0 Å². The summed E-state index contributed by atoms with van der Waals surface area (Å²) in [7, 11) is 4.10. The molecular formula is C21H27N3O2S. The van der Waals surface area contributed by atoms with Gasteiger partial charge in [0.15, 0.2) is 0 Å². The summed E-state index contributed by atoms with van der Waals surface area (Å²) < 4.78 is 1.59. The number of hydrogen-bond acceptors (Lipinski definition) is 4. The molecule has 1 fully saturated rings. The Morgan fingerprint density at radius 1 is 1.30 bits per heavy atom. The van der Waals surface area contributed by atoms with Gasteiger partial charge in [0.25, 0.3) is 11.5 Å². The van der Waals surface area contributed by atoms with E-state index in [1.807, 2.05) is 36.9 Å². The van der Waals surface area contributed by atoms with E-state index in [4.69, 9.17) is 0 Å². The van der Waals surface area contributed by atoms with Crippen molar-refractivity contribution in [3.63, 3.8) is 0 Å². The summed E-state index contributed by atoms with van der Waals surface area (Å²) in [6.45, 7) is 3.04. The lowest BCUT2D eigenvalue weighted by Gasteiger charge is -2.35. The second-order valence-corrected chi connectivity index (χ2v) is 8.55. The lowest BCUT2D eigenvalue weighted by molar-refractivity contribution is 0.0912. The van der Waals surface area contributed by atoms with Crippen LogP contribution in [0, 0.1) is 6.92 Å². The second-order valence-electron chi connectivity index (χ2n) is 7.45.